The first-order valence-corrected chi connectivity index (χ1v) is 9.17. The van der Waals surface area contributed by atoms with Crippen LogP contribution in [-0.4, -0.2) is 56.4 Å². The van der Waals surface area contributed by atoms with Crippen LogP contribution in [-0.2, 0) is 13.1 Å². The average Bonchev–Trinajstić information content (AvgIpc) is 3.02. The molecule has 2 aromatic heterocycles. The lowest BCUT2D eigenvalue weighted by Gasteiger charge is -2.38. The highest BCUT2D eigenvalue weighted by Gasteiger charge is 2.30. The molecule has 1 amide bonds. The molecule has 1 aliphatic heterocycles. The number of amides is 1. The zero-order valence-corrected chi connectivity index (χ0v) is 15.4. The fourth-order valence-corrected chi connectivity index (χ4v) is 3.54. The summed E-state index contributed by atoms with van der Waals surface area (Å²) in [6.45, 7) is 7.55. The van der Waals surface area contributed by atoms with Gasteiger partial charge >= 0.3 is 0 Å². The van der Waals surface area contributed by atoms with Crippen LogP contribution >= 0.6 is 0 Å². The fraction of sp³-hybridized carbons (Fsp3) is 0.526. The van der Waals surface area contributed by atoms with Gasteiger partial charge < -0.3 is 10.4 Å². The highest BCUT2D eigenvalue weighted by atomic mass is 16.3. The van der Waals surface area contributed by atoms with Gasteiger partial charge in [-0.25, -0.2) is 0 Å². The Kier molecular flexibility index (Phi) is 6.00. The topological polar surface area (TPSA) is 83.3 Å². The van der Waals surface area contributed by atoms with E-state index < -0.39 is 0 Å². The van der Waals surface area contributed by atoms with Crippen LogP contribution in [0.4, 0.5) is 0 Å². The number of hydrogen-bond acceptors (Lipinski definition) is 5. The van der Waals surface area contributed by atoms with E-state index in [4.69, 9.17) is 0 Å². The van der Waals surface area contributed by atoms with E-state index in [2.05, 4.69) is 34.1 Å². The van der Waals surface area contributed by atoms with E-state index in [0.717, 1.165) is 26.1 Å². The Bertz CT molecular complexity index is 731. The molecule has 0 aliphatic carbocycles. The van der Waals surface area contributed by atoms with Crippen molar-refractivity contribution in [1.82, 2.24) is 25.0 Å². The molecule has 0 unspecified atom stereocenters. The number of aliphatic hydroxyl groups is 1. The first-order valence-electron chi connectivity index (χ1n) is 9.17. The summed E-state index contributed by atoms with van der Waals surface area (Å²) in [6.07, 6.45) is 6.00. The van der Waals surface area contributed by atoms with Crippen molar-refractivity contribution in [2.45, 2.75) is 39.4 Å². The Labute approximate surface area is 154 Å². The van der Waals surface area contributed by atoms with Gasteiger partial charge in [-0.1, -0.05) is 0 Å². The lowest BCUT2D eigenvalue weighted by molar-refractivity contribution is 0.0729. The van der Waals surface area contributed by atoms with Gasteiger partial charge in [-0.05, 0) is 38.9 Å². The largest absolute Gasteiger partial charge is 0.396 e. The second-order valence-corrected chi connectivity index (χ2v) is 6.86. The van der Waals surface area contributed by atoms with Gasteiger partial charge in [-0.2, -0.15) is 5.10 Å². The number of nitrogens with zero attached hydrogens (tertiary/aromatic N) is 4. The molecule has 0 saturated carbocycles. The summed E-state index contributed by atoms with van der Waals surface area (Å²) in [5.74, 6) is -0.0651. The third kappa shape index (κ3) is 4.11. The van der Waals surface area contributed by atoms with Gasteiger partial charge in [-0.15, -0.1) is 0 Å². The van der Waals surface area contributed by atoms with Crippen molar-refractivity contribution in [3.8, 4) is 0 Å². The molecule has 0 bridgehead atoms. The number of carbonyl (C=O) groups excluding carboxylic acids is 1. The van der Waals surface area contributed by atoms with Crippen molar-refractivity contribution in [2.75, 3.05) is 19.7 Å². The van der Waals surface area contributed by atoms with Crippen molar-refractivity contribution in [3.05, 3.63) is 47.5 Å². The van der Waals surface area contributed by atoms with E-state index in [1.54, 1.807) is 24.5 Å². The maximum atomic E-state index is 12.5. The van der Waals surface area contributed by atoms with E-state index >= 15 is 0 Å². The first kappa shape index (κ1) is 18.5. The number of pyridine rings is 1. The minimum absolute atomic E-state index is 0.0753. The van der Waals surface area contributed by atoms with Gasteiger partial charge in [0.2, 0.25) is 0 Å². The molecule has 1 saturated heterocycles. The molecule has 26 heavy (non-hydrogen) atoms. The number of rotatable bonds is 6. The maximum Gasteiger partial charge on any atom is 0.253 e. The molecule has 3 heterocycles. The van der Waals surface area contributed by atoms with Crippen molar-refractivity contribution in [3.63, 3.8) is 0 Å². The van der Waals surface area contributed by atoms with Gasteiger partial charge in [0, 0.05) is 61.9 Å². The minimum Gasteiger partial charge on any atom is -0.396 e. The Hall–Kier alpha value is -2.25. The molecule has 1 aliphatic rings. The molecular weight excluding hydrogens is 330 g/mol. The summed E-state index contributed by atoms with van der Waals surface area (Å²) in [4.78, 5) is 18.8. The number of aliphatic hydroxyl groups excluding tert-OH is 1. The molecule has 7 nitrogen and oxygen atoms in total. The van der Waals surface area contributed by atoms with Crippen LogP contribution in [0.15, 0.2) is 30.7 Å². The van der Waals surface area contributed by atoms with Crippen LogP contribution in [0.5, 0.6) is 0 Å². The fourth-order valence-electron chi connectivity index (χ4n) is 3.54. The molecular formula is C19H27N5O2. The summed E-state index contributed by atoms with van der Waals surface area (Å²) >= 11 is 0. The van der Waals surface area contributed by atoms with E-state index in [9.17, 15) is 9.90 Å². The first-order chi connectivity index (χ1) is 12.6. The predicted octanol–water partition coefficient (Wildman–Crippen LogP) is 1.22. The average molecular weight is 357 g/mol. The highest BCUT2D eigenvalue weighted by Crippen LogP contribution is 2.21. The van der Waals surface area contributed by atoms with E-state index in [0.29, 0.717) is 12.1 Å². The standard InChI is InChI=1S/C19H27N5O2/c1-3-24-14(2)17(10-21-24)11-23-8-6-16(13-25)18(12-23)22-19(26)15-5-4-7-20-9-15/h4-5,7,9-10,16,18,25H,3,6,8,11-13H2,1-2H3,(H,22,26)/t16-,18-/m1/s1. The molecule has 0 spiro atoms. The number of piperidine rings is 1. The number of carbonyl (C=O) groups is 1. The number of aryl methyl sites for hydroxylation is 1. The Morgan fingerprint density at radius 3 is 2.92 bits per heavy atom. The smallest absolute Gasteiger partial charge is 0.253 e. The normalized spacial score (nSPS) is 20.9. The third-order valence-electron chi connectivity index (χ3n) is 5.21. The minimum atomic E-state index is -0.140. The Morgan fingerprint density at radius 1 is 1.42 bits per heavy atom. The SMILES string of the molecule is CCn1ncc(CN2CC[C@H](CO)[C@H](NC(=O)c3cccnc3)C2)c1C. The zero-order valence-electron chi connectivity index (χ0n) is 15.4. The molecule has 0 radical (unpaired) electrons. The van der Waals surface area contributed by atoms with E-state index in [1.165, 1.54) is 11.3 Å². The number of hydrogen-bond donors (Lipinski definition) is 2. The number of nitrogens with one attached hydrogen (secondary N) is 1. The van der Waals surface area contributed by atoms with Crippen molar-refractivity contribution < 1.29 is 9.90 Å². The maximum absolute atomic E-state index is 12.5. The van der Waals surface area contributed by atoms with Gasteiger partial charge in [0.25, 0.3) is 5.91 Å². The molecule has 3 rings (SSSR count). The van der Waals surface area contributed by atoms with Crippen LogP contribution in [0.25, 0.3) is 0 Å². The second-order valence-electron chi connectivity index (χ2n) is 6.86. The van der Waals surface area contributed by atoms with E-state index in [-0.39, 0.29) is 24.5 Å². The molecule has 140 valence electrons. The highest BCUT2D eigenvalue weighted by molar-refractivity contribution is 5.94. The molecule has 7 heteroatoms. The lowest BCUT2D eigenvalue weighted by atomic mass is 9.91. The second kappa shape index (κ2) is 8.42. The van der Waals surface area contributed by atoms with Crippen molar-refractivity contribution >= 4 is 5.91 Å². The molecule has 2 atom stereocenters. The summed E-state index contributed by atoms with van der Waals surface area (Å²) in [7, 11) is 0. The predicted molar refractivity (Wildman–Crippen MR) is 98.6 cm³/mol. The summed E-state index contributed by atoms with van der Waals surface area (Å²) in [5, 5.41) is 17.2. The van der Waals surface area contributed by atoms with Crippen molar-refractivity contribution in [1.29, 1.82) is 0 Å². The van der Waals surface area contributed by atoms with Crippen LogP contribution in [0, 0.1) is 12.8 Å². The summed E-state index contributed by atoms with van der Waals surface area (Å²) < 4.78 is 2.00. The van der Waals surface area contributed by atoms with Gasteiger partial charge in [0.1, 0.15) is 0 Å². The monoisotopic (exact) mass is 357 g/mol. The Balaban J connectivity index is 1.66. The van der Waals surface area contributed by atoms with Gasteiger partial charge in [0.15, 0.2) is 0 Å². The van der Waals surface area contributed by atoms with Gasteiger partial charge in [0.05, 0.1) is 11.8 Å². The van der Waals surface area contributed by atoms with Crippen LogP contribution in [0.2, 0.25) is 0 Å². The van der Waals surface area contributed by atoms with Crippen LogP contribution in [0.1, 0.15) is 35.0 Å². The van der Waals surface area contributed by atoms with Crippen molar-refractivity contribution in [2.24, 2.45) is 5.92 Å². The third-order valence-corrected chi connectivity index (χ3v) is 5.21. The molecule has 1 fully saturated rings. The van der Waals surface area contributed by atoms with E-state index in [1.807, 2.05) is 10.9 Å². The zero-order chi connectivity index (χ0) is 18.5. The summed E-state index contributed by atoms with van der Waals surface area (Å²) in [5.41, 5.74) is 2.95. The van der Waals surface area contributed by atoms with Crippen LogP contribution < -0.4 is 5.32 Å². The quantitative estimate of drug-likeness (QED) is 0.812. The number of aromatic nitrogens is 3. The summed E-state index contributed by atoms with van der Waals surface area (Å²) in [6, 6.07) is 3.42. The molecule has 2 aromatic rings. The molecule has 2 N–H and O–H groups in total. The molecule has 0 aromatic carbocycles. The number of likely N-dealkylation sites (tertiary alicyclic amines) is 1. The van der Waals surface area contributed by atoms with Crippen LogP contribution in [0.3, 0.4) is 0 Å². The van der Waals surface area contributed by atoms with Gasteiger partial charge in [-0.3, -0.25) is 19.4 Å². The lowest BCUT2D eigenvalue weighted by Crippen LogP contribution is -2.53. The Morgan fingerprint density at radius 2 is 2.27 bits per heavy atom.